The van der Waals surface area contributed by atoms with Gasteiger partial charge in [0.1, 0.15) is 12.4 Å². The number of ether oxygens (including phenoxy) is 2. The lowest BCUT2D eigenvalue weighted by molar-refractivity contribution is -0.159. The van der Waals surface area contributed by atoms with E-state index >= 15 is 0 Å². The van der Waals surface area contributed by atoms with Gasteiger partial charge in [-0.15, -0.1) is 0 Å². The molecule has 4 heteroatoms. The van der Waals surface area contributed by atoms with Crippen LogP contribution in [0.15, 0.2) is 18.2 Å². The third-order valence-electron chi connectivity index (χ3n) is 4.27. The van der Waals surface area contributed by atoms with Crippen molar-refractivity contribution < 1.29 is 14.3 Å². The molecular weight excluding hydrogens is 302 g/mol. The van der Waals surface area contributed by atoms with Crippen LogP contribution in [-0.4, -0.2) is 42.7 Å². The average molecular weight is 335 g/mol. The van der Waals surface area contributed by atoms with E-state index in [-0.39, 0.29) is 5.97 Å². The molecule has 0 bridgehead atoms. The molecule has 0 N–H and O–H groups in total. The molecule has 0 saturated carbocycles. The first-order valence-electron chi connectivity index (χ1n) is 8.90. The van der Waals surface area contributed by atoms with Crippen molar-refractivity contribution in [3.05, 3.63) is 29.3 Å². The number of aryl methyl sites for hydroxylation is 1. The summed E-state index contributed by atoms with van der Waals surface area (Å²) in [6.07, 6.45) is 0. The molecule has 4 nitrogen and oxygen atoms in total. The lowest BCUT2D eigenvalue weighted by Crippen LogP contribution is -2.41. The second-order valence-electron chi connectivity index (χ2n) is 6.95. The summed E-state index contributed by atoms with van der Waals surface area (Å²) in [5.41, 5.74) is 1.20. The van der Waals surface area contributed by atoms with Gasteiger partial charge in [-0.05, 0) is 57.0 Å². The Hall–Kier alpha value is -1.55. The molecule has 0 radical (unpaired) electrons. The molecule has 0 saturated heterocycles. The second-order valence-corrected chi connectivity index (χ2v) is 6.95. The van der Waals surface area contributed by atoms with Gasteiger partial charge in [-0.1, -0.05) is 39.8 Å². The maximum Gasteiger partial charge on any atom is 0.349 e. The van der Waals surface area contributed by atoms with Crippen LogP contribution < -0.4 is 4.74 Å². The minimum Gasteiger partial charge on any atom is -0.476 e. The van der Waals surface area contributed by atoms with Crippen molar-refractivity contribution in [2.75, 3.05) is 26.2 Å². The molecule has 0 spiro atoms. The lowest BCUT2D eigenvalue weighted by Gasteiger charge is -2.26. The summed E-state index contributed by atoms with van der Waals surface area (Å²) < 4.78 is 11.4. The summed E-state index contributed by atoms with van der Waals surface area (Å²) in [5, 5.41) is 0. The first-order valence-corrected chi connectivity index (χ1v) is 8.90. The van der Waals surface area contributed by atoms with Crippen molar-refractivity contribution in [1.82, 2.24) is 4.90 Å². The Kier molecular flexibility index (Phi) is 7.74. The van der Waals surface area contributed by atoms with E-state index in [1.807, 2.05) is 19.1 Å². The van der Waals surface area contributed by atoms with Gasteiger partial charge in [-0.3, -0.25) is 0 Å². The molecular formula is C20H33NO3. The molecule has 24 heavy (non-hydrogen) atoms. The highest BCUT2D eigenvalue weighted by molar-refractivity contribution is 5.79. The number of nitrogens with zero attached hydrogens (tertiary/aromatic N) is 1. The minimum atomic E-state index is -1.01. The topological polar surface area (TPSA) is 38.8 Å². The molecule has 1 rings (SSSR count). The number of rotatable bonds is 9. The highest BCUT2D eigenvalue weighted by Crippen LogP contribution is 2.28. The molecule has 0 aliphatic rings. The fraction of sp³-hybridized carbons (Fsp3) is 0.650. The van der Waals surface area contributed by atoms with Crippen molar-refractivity contribution in [2.24, 2.45) is 0 Å². The van der Waals surface area contributed by atoms with Gasteiger partial charge in [0.15, 0.2) is 5.60 Å². The molecule has 1 aromatic rings. The Morgan fingerprint density at radius 3 is 2.38 bits per heavy atom. The van der Waals surface area contributed by atoms with Crippen LogP contribution in [0.2, 0.25) is 0 Å². The fourth-order valence-corrected chi connectivity index (χ4v) is 2.38. The van der Waals surface area contributed by atoms with Crippen LogP contribution in [0, 0.1) is 6.92 Å². The Morgan fingerprint density at radius 1 is 1.21 bits per heavy atom. The molecule has 0 atom stereocenters. The maximum absolute atomic E-state index is 12.4. The number of carbonyl (C=O) groups excluding carboxylic acids is 1. The second kappa shape index (κ2) is 9.07. The van der Waals surface area contributed by atoms with Gasteiger partial charge < -0.3 is 14.4 Å². The van der Waals surface area contributed by atoms with Gasteiger partial charge in [0.2, 0.25) is 0 Å². The van der Waals surface area contributed by atoms with Crippen LogP contribution in [0.3, 0.4) is 0 Å². The molecule has 0 unspecified atom stereocenters. The molecule has 0 aliphatic heterocycles. The van der Waals surface area contributed by atoms with E-state index in [1.54, 1.807) is 13.8 Å². The largest absolute Gasteiger partial charge is 0.476 e. The smallest absolute Gasteiger partial charge is 0.349 e. The lowest BCUT2D eigenvalue weighted by atomic mass is 10.0. The standard InChI is InChI=1S/C20H33NO3/c1-8-21(9-2)12-13-23-19(22)20(6,7)24-18-14-17(15(3)4)11-10-16(18)5/h10-11,14-15H,8-9,12-13H2,1-7H3. The Labute approximate surface area is 147 Å². The molecule has 1 aromatic carbocycles. The molecule has 136 valence electrons. The third kappa shape index (κ3) is 5.82. The zero-order valence-corrected chi connectivity index (χ0v) is 16.3. The van der Waals surface area contributed by atoms with Crippen molar-refractivity contribution in [3.8, 4) is 5.75 Å². The first-order chi connectivity index (χ1) is 11.2. The summed E-state index contributed by atoms with van der Waals surface area (Å²) in [6, 6.07) is 6.15. The number of carbonyl (C=O) groups is 1. The van der Waals surface area contributed by atoms with E-state index in [0.717, 1.165) is 30.9 Å². The highest BCUT2D eigenvalue weighted by atomic mass is 16.6. The third-order valence-corrected chi connectivity index (χ3v) is 4.27. The summed E-state index contributed by atoms with van der Waals surface area (Å²) in [7, 11) is 0. The van der Waals surface area contributed by atoms with Crippen LogP contribution in [0.1, 0.15) is 58.6 Å². The minimum absolute atomic E-state index is 0.330. The van der Waals surface area contributed by atoms with Gasteiger partial charge in [-0.2, -0.15) is 0 Å². The summed E-state index contributed by atoms with van der Waals surface area (Å²) in [5.74, 6) is 0.827. The van der Waals surface area contributed by atoms with Gasteiger partial charge in [-0.25, -0.2) is 4.79 Å². The zero-order valence-electron chi connectivity index (χ0n) is 16.3. The molecule has 0 heterocycles. The Morgan fingerprint density at radius 2 is 1.83 bits per heavy atom. The number of esters is 1. The number of benzene rings is 1. The monoisotopic (exact) mass is 335 g/mol. The fourth-order valence-electron chi connectivity index (χ4n) is 2.38. The highest BCUT2D eigenvalue weighted by Gasteiger charge is 2.32. The van der Waals surface area contributed by atoms with Crippen molar-refractivity contribution in [1.29, 1.82) is 0 Å². The number of hydrogen-bond donors (Lipinski definition) is 0. The van der Waals surface area contributed by atoms with E-state index in [4.69, 9.17) is 9.47 Å². The summed E-state index contributed by atoms with van der Waals surface area (Å²) in [6.45, 7) is 17.0. The van der Waals surface area contributed by atoms with E-state index in [1.165, 1.54) is 5.56 Å². The quantitative estimate of drug-likeness (QED) is 0.635. The van der Waals surface area contributed by atoms with Crippen LogP contribution in [-0.2, 0) is 9.53 Å². The van der Waals surface area contributed by atoms with Crippen LogP contribution in [0.25, 0.3) is 0 Å². The summed E-state index contributed by atoms with van der Waals surface area (Å²) in [4.78, 5) is 14.6. The van der Waals surface area contributed by atoms with E-state index in [9.17, 15) is 4.79 Å². The van der Waals surface area contributed by atoms with Gasteiger partial charge in [0.25, 0.3) is 0 Å². The van der Waals surface area contributed by atoms with Gasteiger partial charge in [0, 0.05) is 6.54 Å². The maximum atomic E-state index is 12.4. The predicted molar refractivity (Wildman–Crippen MR) is 98.7 cm³/mol. The molecule has 0 aromatic heterocycles. The van der Waals surface area contributed by atoms with Crippen LogP contribution in [0.5, 0.6) is 5.75 Å². The average Bonchev–Trinajstić information content (AvgIpc) is 2.53. The SMILES string of the molecule is CCN(CC)CCOC(=O)C(C)(C)Oc1cc(C(C)C)ccc1C. The van der Waals surface area contributed by atoms with Crippen molar-refractivity contribution >= 4 is 5.97 Å². The van der Waals surface area contributed by atoms with Crippen molar-refractivity contribution in [3.63, 3.8) is 0 Å². The molecule has 0 aliphatic carbocycles. The molecule has 0 amide bonds. The number of hydrogen-bond acceptors (Lipinski definition) is 4. The van der Waals surface area contributed by atoms with E-state index in [2.05, 4.69) is 38.7 Å². The molecule has 0 fully saturated rings. The normalized spacial score (nSPS) is 11.9. The van der Waals surface area contributed by atoms with Gasteiger partial charge >= 0.3 is 5.97 Å². The van der Waals surface area contributed by atoms with Crippen LogP contribution >= 0.6 is 0 Å². The number of likely N-dealkylation sites (N-methyl/N-ethyl adjacent to an activating group) is 1. The summed E-state index contributed by atoms with van der Waals surface area (Å²) >= 11 is 0. The first kappa shape index (κ1) is 20.5. The zero-order chi connectivity index (χ0) is 18.3. The van der Waals surface area contributed by atoms with Gasteiger partial charge in [0.05, 0.1) is 0 Å². The van der Waals surface area contributed by atoms with E-state index in [0.29, 0.717) is 12.5 Å². The Bertz CT molecular complexity index is 534. The predicted octanol–water partition coefficient (Wildman–Crippen LogP) is 4.16. The Balaban J connectivity index is 2.71. The van der Waals surface area contributed by atoms with Crippen LogP contribution in [0.4, 0.5) is 0 Å². The van der Waals surface area contributed by atoms with Crippen molar-refractivity contribution in [2.45, 2.75) is 60.0 Å². The van der Waals surface area contributed by atoms with E-state index < -0.39 is 5.60 Å².